The fourth-order valence-electron chi connectivity index (χ4n) is 2.66. The zero-order valence-corrected chi connectivity index (χ0v) is 12.3. The molecule has 126 valence electrons. The van der Waals surface area contributed by atoms with E-state index in [0.29, 0.717) is 25.9 Å². The van der Waals surface area contributed by atoms with Gasteiger partial charge in [0, 0.05) is 6.54 Å². The lowest BCUT2D eigenvalue weighted by Crippen LogP contribution is -2.41. The molecule has 0 saturated carbocycles. The van der Waals surface area contributed by atoms with E-state index in [0.717, 1.165) is 12.1 Å². The van der Waals surface area contributed by atoms with E-state index in [1.54, 1.807) is 6.07 Å². The van der Waals surface area contributed by atoms with E-state index in [-0.39, 0.29) is 23.7 Å². The normalized spacial score (nSPS) is 17.0. The number of hydrogen-bond donors (Lipinski definition) is 1. The molecule has 0 amide bonds. The van der Waals surface area contributed by atoms with Gasteiger partial charge in [-0.2, -0.15) is 18.4 Å². The Bertz CT molecular complexity index is 563. The maximum Gasteiger partial charge on any atom is 0.401 e. The number of rotatable bonds is 4. The molecule has 2 rings (SSSR count). The van der Waals surface area contributed by atoms with Crippen molar-refractivity contribution in [2.75, 3.05) is 31.5 Å². The number of benzene rings is 1. The molecule has 0 atom stereocenters. The van der Waals surface area contributed by atoms with Crippen LogP contribution >= 0.6 is 0 Å². The largest absolute Gasteiger partial charge is 0.401 e. The fraction of sp³-hybridized carbons (Fsp3) is 0.533. The SMILES string of the molecule is N#Cc1cc(F)c(NCC2CCN(CC(F)(F)F)CC2)c(F)c1. The minimum absolute atomic E-state index is 0.0499. The van der Waals surface area contributed by atoms with Gasteiger partial charge in [-0.05, 0) is 44.0 Å². The van der Waals surface area contributed by atoms with Crippen molar-refractivity contribution in [1.29, 1.82) is 5.26 Å². The number of nitrogens with one attached hydrogen (secondary N) is 1. The zero-order chi connectivity index (χ0) is 17.0. The second-order valence-electron chi connectivity index (χ2n) is 5.64. The predicted molar refractivity (Wildman–Crippen MR) is 74.8 cm³/mol. The predicted octanol–water partition coefficient (Wildman–Crippen LogP) is 3.52. The highest BCUT2D eigenvalue weighted by Crippen LogP contribution is 2.25. The van der Waals surface area contributed by atoms with Gasteiger partial charge < -0.3 is 5.32 Å². The fourth-order valence-corrected chi connectivity index (χ4v) is 2.66. The molecular formula is C15H16F5N3. The number of piperidine rings is 1. The Labute approximate surface area is 130 Å². The van der Waals surface area contributed by atoms with E-state index in [1.807, 2.05) is 0 Å². The summed E-state index contributed by atoms with van der Waals surface area (Å²) in [5.74, 6) is -1.65. The molecular weight excluding hydrogens is 317 g/mol. The number of nitrogens with zero attached hydrogens (tertiary/aromatic N) is 2. The third kappa shape index (κ3) is 5.06. The van der Waals surface area contributed by atoms with Crippen LogP contribution in [0.3, 0.4) is 0 Å². The Kier molecular flexibility index (Phi) is 5.42. The minimum atomic E-state index is -4.21. The molecule has 1 fully saturated rings. The average Bonchev–Trinajstić information content (AvgIpc) is 2.46. The van der Waals surface area contributed by atoms with Crippen LogP contribution in [0.25, 0.3) is 0 Å². The Morgan fingerprint density at radius 1 is 1.17 bits per heavy atom. The van der Waals surface area contributed by atoms with Gasteiger partial charge in [-0.25, -0.2) is 8.78 Å². The van der Waals surface area contributed by atoms with Crippen LogP contribution in [0.2, 0.25) is 0 Å². The summed E-state index contributed by atoms with van der Waals surface area (Å²) in [5.41, 5.74) is -0.410. The van der Waals surface area contributed by atoms with Crippen LogP contribution in [0.1, 0.15) is 18.4 Å². The van der Waals surface area contributed by atoms with Gasteiger partial charge in [0.15, 0.2) is 11.6 Å². The molecule has 1 heterocycles. The van der Waals surface area contributed by atoms with E-state index in [4.69, 9.17) is 5.26 Å². The Morgan fingerprint density at radius 2 is 1.74 bits per heavy atom. The molecule has 0 radical (unpaired) electrons. The molecule has 1 aliphatic heterocycles. The maximum atomic E-state index is 13.7. The van der Waals surface area contributed by atoms with Crippen LogP contribution in [-0.4, -0.2) is 37.3 Å². The number of hydrogen-bond acceptors (Lipinski definition) is 3. The van der Waals surface area contributed by atoms with Crippen molar-refractivity contribution in [3.63, 3.8) is 0 Å². The summed E-state index contributed by atoms with van der Waals surface area (Å²) in [6.07, 6.45) is -3.15. The molecule has 0 bridgehead atoms. The number of halogens is 5. The molecule has 0 spiro atoms. The summed E-state index contributed by atoms with van der Waals surface area (Å²) in [6.45, 7) is -0.0278. The molecule has 0 aromatic heterocycles. The van der Waals surface area contributed by atoms with Crippen molar-refractivity contribution in [1.82, 2.24) is 4.90 Å². The highest BCUT2D eigenvalue weighted by molar-refractivity contribution is 5.50. The first-order chi connectivity index (χ1) is 10.8. The molecule has 23 heavy (non-hydrogen) atoms. The lowest BCUT2D eigenvalue weighted by molar-refractivity contribution is -0.148. The second-order valence-corrected chi connectivity index (χ2v) is 5.64. The topological polar surface area (TPSA) is 39.1 Å². The van der Waals surface area contributed by atoms with Crippen LogP contribution in [0, 0.1) is 28.9 Å². The molecule has 3 nitrogen and oxygen atoms in total. The van der Waals surface area contributed by atoms with E-state index >= 15 is 0 Å². The Balaban J connectivity index is 1.86. The van der Waals surface area contributed by atoms with Gasteiger partial charge in [0.25, 0.3) is 0 Å². The standard InChI is InChI=1S/C15H16F5N3/c16-12-5-11(7-21)6-13(17)14(12)22-8-10-1-3-23(4-2-10)9-15(18,19)20/h5-6,10,22H,1-4,8-9H2. The van der Waals surface area contributed by atoms with Crippen LogP contribution in [0.15, 0.2) is 12.1 Å². The first-order valence-electron chi connectivity index (χ1n) is 7.20. The number of anilines is 1. The first-order valence-corrected chi connectivity index (χ1v) is 7.20. The van der Waals surface area contributed by atoms with E-state index in [2.05, 4.69) is 5.32 Å². The van der Waals surface area contributed by atoms with E-state index in [1.165, 1.54) is 4.90 Å². The smallest absolute Gasteiger partial charge is 0.380 e. The molecule has 1 N–H and O–H groups in total. The van der Waals surface area contributed by atoms with Gasteiger partial charge >= 0.3 is 6.18 Å². The van der Waals surface area contributed by atoms with Crippen molar-refractivity contribution in [3.8, 4) is 6.07 Å². The molecule has 8 heteroatoms. The van der Waals surface area contributed by atoms with Crippen molar-refractivity contribution in [2.45, 2.75) is 19.0 Å². The van der Waals surface area contributed by atoms with Gasteiger partial charge in [0.1, 0.15) is 5.69 Å². The van der Waals surface area contributed by atoms with Crippen molar-refractivity contribution in [3.05, 3.63) is 29.3 Å². The number of alkyl halides is 3. The summed E-state index contributed by atoms with van der Waals surface area (Å²) < 4.78 is 64.3. The third-order valence-corrected chi connectivity index (χ3v) is 3.85. The maximum absolute atomic E-state index is 13.7. The highest BCUT2D eigenvalue weighted by Gasteiger charge is 2.32. The van der Waals surface area contributed by atoms with Gasteiger partial charge in [-0.15, -0.1) is 0 Å². The lowest BCUT2D eigenvalue weighted by atomic mass is 9.96. The van der Waals surface area contributed by atoms with E-state index in [9.17, 15) is 22.0 Å². The second kappa shape index (κ2) is 7.13. The van der Waals surface area contributed by atoms with Gasteiger partial charge in [-0.3, -0.25) is 4.90 Å². The summed E-state index contributed by atoms with van der Waals surface area (Å²) >= 11 is 0. The molecule has 0 aliphatic carbocycles. The summed E-state index contributed by atoms with van der Waals surface area (Å²) in [7, 11) is 0. The lowest BCUT2D eigenvalue weighted by Gasteiger charge is -2.32. The average molecular weight is 333 g/mol. The van der Waals surface area contributed by atoms with E-state index < -0.39 is 24.4 Å². The quantitative estimate of drug-likeness (QED) is 0.857. The zero-order valence-electron chi connectivity index (χ0n) is 12.3. The Morgan fingerprint density at radius 3 is 2.22 bits per heavy atom. The summed E-state index contributed by atoms with van der Waals surface area (Å²) in [6, 6.07) is 3.54. The Hall–Kier alpha value is -1.88. The molecule has 1 aromatic rings. The van der Waals surface area contributed by atoms with Crippen LogP contribution in [0.4, 0.5) is 27.6 Å². The van der Waals surface area contributed by atoms with Crippen molar-refractivity contribution in [2.24, 2.45) is 5.92 Å². The van der Waals surface area contributed by atoms with Crippen LogP contribution < -0.4 is 5.32 Å². The minimum Gasteiger partial charge on any atom is -0.380 e. The van der Waals surface area contributed by atoms with Gasteiger partial charge in [0.2, 0.25) is 0 Å². The summed E-state index contributed by atoms with van der Waals surface area (Å²) in [5, 5.41) is 11.3. The van der Waals surface area contributed by atoms with Gasteiger partial charge in [0.05, 0.1) is 18.2 Å². The van der Waals surface area contributed by atoms with Crippen LogP contribution in [0.5, 0.6) is 0 Å². The molecule has 1 saturated heterocycles. The molecule has 0 unspecified atom stereocenters. The summed E-state index contributed by atoms with van der Waals surface area (Å²) in [4.78, 5) is 1.33. The highest BCUT2D eigenvalue weighted by atomic mass is 19.4. The van der Waals surface area contributed by atoms with Gasteiger partial charge in [-0.1, -0.05) is 0 Å². The monoisotopic (exact) mass is 333 g/mol. The van der Waals surface area contributed by atoms with Crippen molar-refractivity contribution >= 4 is 5.69 Å². The number of likely N-dealkylation sites (tertiary alicyclic amines) is 1. The van der Waals surface area contributed by atoms with Crippen molar-refractivity contribution < 1.29 is 22.0 Å². The first kappa shape index (κ1) is 17.5. The molecule has 1 aromatic carbocycles. The molecule has 1 aliphatic rings. The number of nitriles is 1. The third-order valence-electron chi connectivity index (χ3n) is 3.85. The van der Waals surface area contributed by atoms with Crippen LogP contribution in [-0.2, 0) is 0 Å².